The van der Waals surface area contributed by atoms with Crippen molar-refractivity contribution in [1.29, 1.82) is 0 Å². The Bertz CT molecular complexity index is 719. The molecule has 4 nitrogen and oxygen atoms in total. The minimum absolute atomic E-state index is 0.00147. The summed E-state index contributed by atoms with van der Waals surface area (Å²) in [6.07, 6.45) is 3.46. The van der Waals surface area contributed by atoms with Gasteiger partial charge in [-0.2, -0.15) is 5.10 Å². The molecule has 1 fully saturated rings. The first-order valence-corrected chi connectivity index (χ1v) is 8.50. The Morgan fingerprint density at radius 3 is 2.33 bits per heavy atom. The number of carbonyl (C=O) groups is 1. The smallest absolute Gasteiger partial charge is 0.196 e. The van der Waals surface area contributed by atoms with Crippen LogP contribution in [0.3, 0.4) is 0 Å². The zero-order valence-electron chi connectivity index (χ0n) is 14.0. The van der Waals surface area contributed by atoms with E-state index in [1.807, 2.05) is 36.4 Å². The molecular weight excluding hydrogens is 298 g/mol. The lowest BCUT2D eigenvalue weighted by Gasteiger charge is -2.28. The van der Waals surface area contributed by atoms with Gasteiger partial charge in [0, 0.05) is 25.6 Å². The first-order chi connectivity index (χ1) is 11.8. The Morgan fingerprint density at radius 2 is 1.62 bits per heavy atom. The maximum Gasteiger partial charge on any atom is 0.196 e. The number of Topliss-reactive ketones (excluding diaryl/α,β-unsaturated/α-hetero) is 1. The van der Waals surface area contributed by atoms with Gasteiger partial charge in [0.05, 0.1) is 5.69 Å². The molecular formula is C20H23N3O. The van der Waals surface area contributed by atoms with Gasteiger partial charge in [-0.25, -0.2) is 0 Å². The van der Waals surface area contributed by atoms with Gasteiger partial charge in [-0.05, 0) is 30.9 Å². The summed E-state index contributed by atoms with van der Waals surface area (Å²) in [5, 5.41) is 4.45. The van der Waals surface area contributed by atoms with E-state index >= 15 is 0 Å². The molecule has 0 aliphatic carbocycles. The Morgan fingerprint density at radius 1 is 0.958 bits per heavy atom. The highest BCUT2D eigenvalue weighted by molar-refractivity contribution is 6.37. The van der Waals surface area contributed by atoms with E-state index in [1.54, 1.807) is 6.92 Å². The van der Waals surface area contributed by atoms with Crippen LogP contribution in [0.25, 0.3) is 11.1 Å². The number of benzene rings is 2. The van der Waals surface area contributed by atoms with Crippen molar-refractivity contribution >= 4 is 17.3 Å². The van der Waals surface area contributed by atoms with Crippen molar-refractivity contribution in [3.8, 4) is 11.1 Å². The van der Waals surface area contributed by atoms with Crippen LogP contribution < -0.4 is 5.43 Å². The second kappa shape index (κ2) is 7.77. The van der Waals surface area contributed by atoms with Crippen molar-refractivity contribution in [1.82, 2.24) is 4.90 Å². The van der Waals surface area contributed by atoms with E-state index in [9.17, 15) is 4.79 Å². The lowest BCUT2D eigenvalue weighted by molar-refractivity contribution is -0.111. The summed E-state index contributed by atoms with van der Waals surface area (Å²) in [4.78, 5) is 14.1. The number of likely N-dealkylation sites (tertiary alicyclic amines) is 1. The van der Waals surface area contributed by atoms with E-state index in [2.05, 4.69) is 33.6 Å². The van der Waals surface area contributed by atoms with Crippen molar-refractivity contribution in [3.05, 3.63) is 54.6 Å². The molecule has 4 heteroatoms. The van der Waals surface area contributed by atoms with E-state index in [4.69, 9.17) is 0 Å². The third kappa shape index (κ3) is 3.82. The first kappa shape index (κ1) is 16.2. The molecule has 3 rings (SSSR count). The van der Waals surface area contributed by atoms with E-state index in [0.29, 0.717) is 5.84 Å². The lowest BCUT2D eigenvalue weighted by Crippen LogP contribution is -2.39. The molecule has 2 aromatic carbocycles. The van der Waals surface area contributed by atoms with Crippen molar-refractivity contribution in [2.45, 2.75) is 26.2 Å². The molecule has 1 heterocycles. The van der Waals surface area contributed by atoms with Crippen LogP contribution in [0.5, 0.6) is 0 Å². The number of nitrogens with one attached hydrogen (secondary N) is 1. The second-order valence-electron chi connectivity index (χ2n) is 6.06. The molecule has 1 saturated heterocycles. The summed E-state index contributed by atoms with van der Waals surface area (Å²) in [7, 11) is 0. The third-order valence-corrected chi connectivity index (χ3v) is 4.26. The van der Waals surface area contributed by atoms with Crippen molar-refractivity contribution in [2.24, 2.45) is 5.10 Å². The molecule has 0 aromatic heterocycles. The zero-order valence-corrected chi connectivity index (χ0v) is 14.0. The predicted molar refractivity (Wildman–Crippen MR) is 99.0 cm³/mol. The molecule has 0 radical (unpaired) electrons. The van der Waals surface area contributed by atoms with E-state index < -0.39 is 0 Å². The van der Waals surface area contributed by atoms with Crippen molar-refractivity contribution < 1.29 is 4.79 Å². The van der Waals surface area contributed by atoms with Gasteiger partial charge in [0.2, 0.25) is 0 Å². The topological polar surface area (TPSA) is 44.7 Å². The minimum atomic E-state index is 0.00147. The third-order valence-electron chi connectivity index (χ3n) is 4.26. The van der Waals surface area contributed by atoms with Gasteiger partial charge in [-0.3, -0.25) is 10.2 Å². The molecule has 124 valence electrons. The number of rotatable bonds is 4. The Kier molecular flexibility index (Phi) is 5.26. The summed E-state index contributed by atoms with van der Waals surface area (Å²) in [5.41, 5.74) is 6.21. The first-order valence-electron chi connectivity index (χ1n) is 8.50. The van der Waals surface area contributed by atoms with Gasteiger partial charge in [0.1, 0.15) is 0 Å². The van der Waals surface area contributed by atoms with Crippen LogP contribution in [-0.2, 0) is 4.79 Å². The quantitative estimate of drug-likeness (QED) is 0.522. The molecule has 0 amide bonds. The van der Waals surface area contributed by atoms with Crippen LogP contribution in [0.2, 0.25) is 0 Å². The summed E-state index contributed by atoms with van der Waals surface area (Å²) in [6, 6.07) is 18.2. The molecule has 0 unspecified atom stereocenters. The average Bonchev–Trinajstić information content (AvgIpc) is 2.64. The lowest BCUT2D eigenvalue weighted by atomic mass is 10.0. The molecule has 2 aromatic rings. The number of amidine groups is 1. The molecule has 24 heavy (non-hydrogen) atoms. The van der Waals surface area contributed by atoms with Crippen molar-refractivity contribution in [2.75, 3.05) is 18.5 Å². The SMILES string of the molecule is CC(=O)C(=NNc1ccccc1-c1ccccc1)N1CCCCC1. The van der Waals surface area contributed by atoms with Crippen LogP contribution in [0.1, 0.15) is 26.2 Å². The number of hydrogen-bond donors (Lipinski definition) is 1. The van der Waals surface area contributed by atoms with Gasteiger partial charge >= 0.3 is 0 Å². The van der Waals surface area contributed by atoms with Crippen LogP contribution >= 0.6 is 0 Å². The number of nitrogens with zero attached hydrogens (tertiary/aromatic N) is 2. The van der Waals surface area contributed by atoms with Crippen LogP contribution in [-0.4, -0.2) is 29.6 Å². The zero-order chi connectivity index (χ0) is 16.8. The van der Waals surface area contributed by atoms with Crippen molar-refractivity contribution in [3.63, 3.8) is 0 Å². The average molecular weight is 321 g/mol. The standard InChI is InChI=1S/C20H23N3O/c1-16(24)20(23-14-8-3-9-15-23)22-21-19-13-7-6-12-18(19)17-10-4-2-5-11-17/h2,4-7,10-13,21H,3,8-9,14-15H2,1H3. The Labute approximate surface area is 143 Å². The van der Waals surface area contributed by atoms with Gasteiger partial charge < -0.3 is 4.90 Å². The molecule has 1 aliphatic heterocycles. The summed E-state index contributed by atoms with van der Waals surface area (Å²) >= 11 is 0. The Balaban J connectivity index is 1.86. The fourth-order valence-electron chi connectivity index (χ4n) is 3.04. The fraction of sp³-hybridized carbons (Fsp3) is 0.300. The van der Waals surface area contributed by atoms with Gasteiger partial charge in [-0.15, -0.1) is 0 Å². The number of hydrazone groups is 1. The van der Waals surface area contributed by atoms with Gasteiger partial charge in [-0.1, -0.05) is 48.5 Å². The number of para-hydroxylation sites is 1. The van der Waals surface area contributed by atoms with Gasteiger partial charge in [0.25, 0.3) is 0 Å². The largest absolute Gasteiger partial charge is 0.352 e. The maximum absolute atomic E-state index is 12.0. The van der Waals surface area contributed by atoms with E-state index in [1.165, 1.54) is 6.42 Å². The number of carbonyl (C=O) groups excluding carboxylic acids is 1. The summed E-state index contributed by atoms with van der Waals surface area (Å²) in [5.74, 6) is 0.527. The highest BCUT2D eigenvalue weighted by Gasteiger charge is 2.18. The summed E-state index contributed by atoms with van der Waals surface area (Å²) < 4.78 is 0. The number of anilines is 1. The highest BCUT2D eigenvalue weighted by atomic mass is 16.1. The van der Waals surface area contributed by atoms with E-state index in [0.717, 1.165) is 42.7 Å². The van der Waals surface area contributed by atoms with Crippen LogP contribution in [0, 0.1) is 0 Å². The van der Waals surface area contributed by atoms with Crippen LogP contribution in [0.4, 0.5) is 5.69 Å². The minimum Gasteiger partial charge on any atom is -0.352 e. The number of hydrogen-bond acceptors (Lipinski definition) is 3. The molecule has 0 saturated carbocycles. The molecule has 1 N–H and O–H groups in total. The molecule has 1 aliphatic rings. The van der Waals surface area contributed by atoms with E-state index in [-0.39, 0.29) is 5.78 Å². The van der Waals surface area contributed by atoms with Gasteiger partial charge in [0.15, 0.2) is 11.6 Å². The highest BCUT2D eigenvalue weighted by Crippen LogP contribution is 2.27. The number of ketones is 1. The predicted octanol–water partition coefficient (Wildman–Crippen LogP) is 4.15. The normalized spacial score (nSPS) is 15.2. The monoisotopic (exact) mass is 321 g/mol. The van der Waals surface area contributed by atoms with Crippen LogP contribution in [0.15, 0.2) is 59.7 Å². The molecule has 0 bridgehead atoms. The molecule has 0 atom stereocenters. The Hall–Kier alpha value is -2.62. The fourth-order valence-corrected chi connectivity index (χ4v) is 3.04. The second-order valence-corrected chi connectivity index (χ2v) is 6.06. The number of piperidine rings is 1. The maximum atomic E-state index is 12.0. The summed E-state index contributed by atoms with van der Waals surface area (Å²) in [6.45, 7) is 3.39. The molecule has 0 spiro atoms.